The fourth-order valence-electron chi connectivity index (χ4n) is 2.38. The zero-order chi connectivity index (χ0) is 14.4. The van der Waals surface area contributed by atoms with E-state index in [0.29, 0.717) is 5.41 Å². The number of unbranched alkanes of at least 4 members (excludes halogenated alkanes) is 1. The van der Waals surface area contributed by atoms with Gasteiger partial charge in [-0.1, -0.05) is 57.5 Å². The highest BCUT2D eigenvalue weighted by Gasteiger charge is 2.08. The molecule has 0 amide bonds. The molecule has 0 spiro atoms. The fraction of sp³-hybridized carbons (Fsp3) is 0.421. The summed E-state index contributed by atoms with van der Waals surface area (Å²) in [5.41, 5.74) is 4.33. The fourth-order valence-corrected chi connectivity index (χ4v) is 2.38. The van der Waals surface area contributed by atoms with Crippen molar-refractivity contribution in [1.29, 1.82) is 0 Å². The van der Waals surface area contributed by atoms with E-state index in [4.69, 9.17) is 0 Å². The van der Waals surface area contributed by atoms with Gasteiger partial charge in [-0.25, -0.2) is 0 Å². The first-order chi connectivity index (χ1) is 9.54. The van der Waals surface area contributed by atoms with Crippen LogP contribution in [0.4, 0.5) is 0 Å². The molecule has 106 valence electrons. The Labute approximate surface area is 123 Å². The van der Waals surface area contributed by atoms with Gasteiger partial charge in [0, 0.05) is 12.4 Å². The maximum absolute atomic E-state index is 4.17. The molecule has 0 saturated heterocycles. The molecule has 1 heterocycles. The number of aromatic nitrogens is 1. The van der Waals surface area contributed by atoms with Gasteiger partial charge in [0.2, 0.25) is 0 Å². The van der Waals surface area contributed by atoms with Gasteiger partial charge in [-0.05, 0) is 47.4 Å². The summed E-state index contributed by atoms with van der Waals surface area (Å²) in [4.78, 5) is 4.17. The molecule has 1 aromatic heterocycles. The van der Waals surface area contributed by atoms with Gasteiger partial charge in [0.15, 0.2) is 0 Å². The molecule has 1 aromatic carbocycles. The predicted octanol–water partition coefficient (Wildman–Crippen LogP) is 5.51. The molecule has 0 saturated carbocycles. The van der Waals surface area contributed by atoms with Crippen LogP contribution in [0.25, 0.3) is 11.1 Å². The molecule has 0 bridgehead atoms. The van der Waals surface area contributed by atoms with Crippen molar-refractivity contribution >= 4 is 0 Å². The summed E-state index contributed by atoms with van der Waals surface area (Å²) in [5, 5.41) is 0. The van der Waals surface area contributed by atoms with Gasteiger partial charge in [-0.3, -0.25) is 4.98 Å². The average Bonchev–Trinajstić information content (AvgIpc) is 2.44. The van der Waals surface area contributed by atoms with Crippen molar-refractivity contribution < 1.29 is 0 Å². The minimum absolute atomic E-state index is 0.462. The summed E-state index contributed by atoms with van der Waals surface area (Å²) in [6.45, 7) is 6.95. The zero-order valence-electron chi connectivity index (χ0n) is 12.9. The molecular weight excluding hydrogens is 242 g/mol. The molecule has 2 rings (SSSR count). The Kier molecular flexibility index (Phi) is 4.94. The van der Waals surface area contributed by atoms with E-state index in [9.17, 15) is 0 Å². The number of pyridine rings is 1. The van der Waals surface area contributed by atoms with E-state index in [1.165, 1.54) is 42.4 Å². The highest BCUT2D eigenvalue weighted by atomic mass is 14.6. The highest BCUT2D eigenvalue weighted by molar-refractivity contribution is 5.62. The lowest BCUT2D eigenvalue weighted by atomic mass is 9.89. The number of benzene rings is 1. The van der Waals surface area contributed by atoms with E-state index < -0.39 is 0 Å². The Morgan fingerprint density at radius 2 is 1.65 bits per heavy atom. The molecule has 0 aliphatic rings. The van der Waals surface area contributed by atoms with E-state index in [1.807, 2.05) is 18.5 Å². The summed E-state index contributed by atoms with van der Waals surface area (Å²) >= 11 is 0. The molecule has 0 aliphatic carbocycles. The standard InChI is InChI=1S/C19H25N/c1-19(2,3)13-5-4-7-16-9-11-17(12-10-16)18-8-6-14-20-15-18/h6,8-12,14-15H,4-5,7,13H2,1-3H3. The molecule has 0 aliphatic heterocycles. The van der Waals surface area contributed by atoms with Gasteiger partial charge >= 0.3 is 0 Å². The second-order valence-electron chi connectivity index (χ2n) is 6.71. The van der Waals surface area contributed by atoms with Crippen molar-refractivity contribution in [2.45, 2.75) is 46.5 Å². The molecule has 20 heavy (non-hydrogen) atoms. The molecule has 0 radical (unpaired) electrons. The Morgan fingerprint density at radius 3 is 2.25 bits per heavy atom. The SMILES string of the molecule is CC(C)(C)CCCCc1ccc(-c2cccnc2)cc1. The molecule has 0 unspecified atom stereocenters. The van der Waals surface area contributed by atoms with Crippen molar-refractivity contribution in [3.05, 3.63) is 54.4 Å². The van der Waals surface area contributed by atoms with E-state index in [1.54, 1.807) is 0 Å². The third kappa shape index (κ3) is 4.80. The van der Waals surface area contributed by atoms with Crippen LogP contribution in [0.1, 0.15) is 45.6 Å². The van der Waals surface area contributed by atoms with E-state index >= 15 is 0 Å². The van der Waals surface area contributed by atoms with Crippen LogP contribution in [0.5, 0.6) is 0 Å². The van der Waals surface area contributed by atoms with Crippen LogP contribution in [-0.4, -0.2) is 4.98 Å². The largest absolute Gasteiger partial charge is 0.264 e. The van der Waals surface area contributed by atoms with Gasteiger partial charge in [-0.2, -0.15) is 0 Å². The van der Waals surface area contributed by atoms with Crippen LogP contribution in [-0.2, 0) is 6.42 Å². The molecule has 1 heteroatoms. The highest BCUT2D eigenvalue weighted by Crippen LogP contribution is 2.23. The van der Waals surface area contributed by atoms with Crippen LogP contribution in [0, 0.1) is 5.41 Å². The molecule has 0 atom stereocenters. The number of rotatable bonds is 5. The van der Waals surface area contributed by atoms with Gasteiger partial charge < -0.3 is 0 Å². The lowest BCUT2D eigenvalue weighted by molar-refractivity contribution is 0.360. The number of nitrogens with zero attached hydrogens (tertiary/aromatic N) is 1. The third-order valence-corrected chi connectivity index (χ3v) is 3.59. The first kappa shape index (κ1) is 14.8. The van der Waals surface area contributed by atoms with Gasteiger partial charge in [0.05, 0.1) is 0 Å². The smallest absolute Gasteiger partial charge is 0.0346 e. The zero-order valence-corrected chi connectivity index (χ0v) is 12.9. The number of hydrogen-bond acceptors (Lipinski definition) is 1. The number of aryl methyl sites for hydroxylation is 1. The van der Waals surface area contributed by atoms with E-state index in [-0.39, 0.29) is 0 Å². The number of hydrogen-bond donors (Lipinski definition) is 0. The lowest BCUT2D eigenvalue weighted by Crippen LogP contribution is -2.04. The van der Waals surface area contributed by atoms with Crippen LogP contribution in [0.15, 0.2) is 48.8 Å². The molecule has 2 aromatic rings. The topological polar surface area (TPSA) is 12.9 Å². The maximum Gasteiger partial charge on any atom is 0.0346 e. The Morgan fingerprint density at radius 1 is 0.900 bits per heavy atom. The van der Waals surface area contributed by atoms with Crippen molar-refractivity contribution in [3.63, 3.8) is 0 Å². The van der Waals surface area contributed by atoms with Crippen molar-refractivity contribution in [3.8, 4) is 11.1 Å². The summed E-state index contributed by atoms with van der Waals surface area (Å²) in [6, 6.07) is 13.0. The summed E-state index contributed by atoms with van der Waals surface area (Å²) < 4.78 is 0. The third-order valence-electron chi connectivity index (χ3n) is 3.59. The van der Waals surface area contributed by atoms with Crippen LogP contribution in [0.2, 0.25) is 0 Å². The van der Waals surface area contributed by atoms with Crippen LogP contribution in [0.3, 0.4) is 0 Å². The molecular formula is C19H25N. The van der Waals surface area contributed by atoms with Crippen molar-refractivity contribution in [2.75, 3.05) is 0 Å². The lowest BCUT2D eigenvalue weighted by Gasteiger charge is -2.17. The Hall–Kier alpha value is -1.63. The van der Waals surface area contributed by atoms with Crippen LogP contribution >= 0.6 is 0 Å². The normalized spacial score (nSPS) is 11.6. The molecule has 1 nitrogen and oxygen atoms in total. The summed E-state index contributed by atoms with van der Waals surface area (Å²) in [6.07, 6.45) is 8.81. The predicted molar refractivity (Wildman–Crippen MR) is 86.7 cm³/mol. The summed E-state index contributed by atoms with van der Waals surface area (Å²) in [7, 11) is 0. The first-order valence-corrected chi connectivity index (χ1v) is 7.54. The average molecular weight is 267 g/mol. The van der Waals surface area contributed by atoms with Crippen LogP contribution < -0.4 is 0 Å². The second-order valence-corrected chi connectivity index (χ2v) is 6.71. The minimum Gasteiger partial charge on any atom is -0.264 e. The van der Waals surface area contributed by atoms with Crippen molar-refractivity contribution in [1.82, 2.24) is 4.98 Å². The first-order valence-electron chi connectivity index (χ1n) is 7.54. The van der Waals surface area contributed by atoms with E-state index in [0.717, 1.165) is 0 Å². The monoisotopic (exact) mass is 267 g/mol. The molecule has 0 N–H and O–H groups in total. The minimum atomic E-state index is 0.462. The summed E-state index contributed by atoms with van der Waals surface area (Å²) in [5.74, 6) is 0. The van der Waals surface area contributed by atoms with Gasteiger partial charge in [0.1, 0.15) is 0 Å². The van der Waals surface area contributed by atoms with Gasteiger partial charge in [-0.15, -0.1) is 0 Å². The van der Waals surface area contributed by atoms with Crippen molar-refractivity contribution in [2.24, 2.45) is 5.41 Å². The maximum atomic E-state index is 4.17. The van der Waals surface area contributed by atoms with E-state index in [2.05, 4.69) is 56.1 Å². The Bertz CT molecular complexity index is 506. The van der Waals surface area contributed by atoms with Gasteiger partial charge in [0.25, 0.3) is 0 Å². The quantitative estimate of drug-likeness (QED) is 0.651. The Balaban J connectivity index is 1.86. The second kappa shape index (κ2) is 6.69. The molecule has 0 fully saturated rings.